The molecule has 2 amide bonds. The summed E-state index contributed by atoms with van der Waals surface area (Å²) in [4.78, 5) is 23.1. The van der Waals surface area contributed by atoms with Crippen molar-refractivity contribution in [2.24, 2.45) is 0 Å². The SMILES string of the molecule is Cc1cc(C)c(S(=O)(=O)Nc2ccc(NC(=O)NC3CC3)cc2)c(C)c1CC(=O)O. The third kappa shape index (κ3) is 5.10. The van der Waals surface area contributed by atoms with Crippen LogP contribution in [0.4, 0.5) is 16.2 Å². The number of carbonyl (C=O) groups excluding carboxylic acids is 1. The molecule has 0 aliphatic heterocycles. The minimum Gasteiger partial charge on any atom is -0.481 e. The average Bonchev–Trinajstić information content (AvgIpc) is 3.43. The zero-order valence-corrected chi connectivity index (χ0v) is 17.9. The number of urea groups is 1. The Hall–Kier alpha value is -3.07. The zero-order valence-electron chi connectivity index (χ0n) is 17.1. The van der Waals surface area contributed by atoms with E-state index in [9.17, 15) is 18.0 Å². The second-order valence-electron chi connectivity index (χ2n) is 7.57. The molecular weight excluding hydrogens is 406 g/mol. The molecule has 8 nitrogen and oxygen atoms in total. The van der Waals surface area contributed by atoms with Gasteiger partial charge in [-0.15, -0.1) is 0 Å². The van der Waals surface area contributed by atoms with E-state index in [2.05, 4.69) is 15.4 Å². The molecule has 0 bridgehead atoms. The number of sulfonamides is 1. The van der Waals surface area contributed by atoms with Gasteiger partial charge in [0.1, 0.15) is 0 Å². The number of aliphatic carboxylic acids is 1. The number of benzene rings is 2. The Labute approximate surface area is 175 Å². The maximum atomic E-state index is 13.0. The molecule has 0 spiro atoms. The number of hydrogen-bond donors (Lipinski definition) is 4. The van der Waals surface area contributed by atoms with E-state index in [-0.39, 0.29) is 23.4 Å². The highest BCUT2D eigenvalue weighted by atomic mass is 32.2. The van der Waals surface area contributed by atoms with Gasteiger partial charge in [0.2, 0.25) is 0 Å². The number of amides is 2. The van der Waals surface area contributed by atoms with Crippen LogP contribution in [-0.4, -0.2) is 31.6 Å². The van der Waals surface area contributed by atoms with E-state index in [0.717, 1.165) is 18.4 Å². The third-order valence-electron chi connectivity index (χ3n) is 4.96. The number of carboxylic acid groups (broad SMARTS) is 1. The van der Waals surface area contributed by atoms with E-state index in [4.69, 9.17) is 5.11 Å². The summed E-state index contributed by atoms with van der Waals surface area (Å²) >= 11 is 0. The lowest BCUT2D eigenvalue weighted by molar-refractivity contribution is -0.136. The van der Waals surface area contributed by atoms with Crippen molar-refractivity contribution in [3.8, 4) is 0 Å². The standard InChI is InChI=1S/C21H25N3O5S/c1-12-10-13(2)20(14(3)18(12)11-19(25)26)30(28,29)24-17-8-6-16(7-9-17)23-21(27)22-15-4-5-15/h6-10,15,24H,4-5,11H2,1-3H3,(H,25,26)(H2,22,23,27). The Morgan fingerprint density at radius 2 is 1.63 bits per heavy atom. The maximum Gasteiger partial charge on any atom is 0.319 e. The van der Waals surface area contributed by atoms with Crippen LogP contribution in [-0.2, 0) is 21.2 Å². The zero-order chi connectivity index (χ0) is 22.1. The Bertz CT molecular complexity index is 1090. The van der Waals surface area contributed by atoms with Crippen molar-refractivity contribution in [3.05, 3.63) is 52.6 Å². The molecule has 30 heavy (non-hydrogen) atoms. The van der Waals surface area contributed by atoms with Crippen molar-refractivity contribution in [2.45, 2.75) is 51.0 Å². The second-order valence-corrected chi connectivity index (χ2v) is 9.19. The predicted molar refractivity (Wildman–Crippen MR) is 114 cm³/mol. The van der Waals surface area contributed by atoms with Crippen molar-refractivity contribution in [2.75, 3.05) is 10.0 Å². The van der Waals surface area contributed by atoms with Crippen LogP contribution in [0.15, 0.2) is 35.2 Å². The van der Waals surface area contributed by atoms with Gasteiger partial charge in [-0.3, -0.25) is 9.52 Å². The largest absolute Gasteiger partial charge is 0.481 e. The average molecular weight is 432 g/mol. The quantitative estimate of drug-likeness (QED) is 0.535. The highest BCUT2D eigenvalue weighted by Gasteiger charge is 2.24. The van der Waals surface area contributed by atoms with Gasteiger partial charge in [-0.2, -0.15) is 0 Å². The number of anilines is 2. The van der Waals surface area contributed by atoms with Crippen LogP contribution in [0, 0.1) is 20.8 Å². The highest BCUT2D eigenvalue weighted by Crippen LogP contribution is 2.29. The molecule has 0 atom stereocenters. The first-order valence-corrected chi connectivity index (χ1v) is 11.1. The van der Waals surface area contributed by atoms with Crippen LogP contribution in [0.2, 0.25) is 0 Å². The minimum absolute atomic E-state index is 0.0790. The number of carboxylic acids is 1. The molecule has 1 saturated carbocycles. The number of rotatable bonds is 7. The van der Waals surface area contributed by atoms with Gasteiger partial charge in [-0.25, -0.2) is 13.2 Å². The Kier molecular flexibility index (Phi) is 6.02. The molecule has 1 aliphatic rings. The Morgan fingerprint density at radius 1 is 1.03 bits per heavy atom. The van der Waals surface area contributed by atoms with Crippen molar-refractivity contribution < 1.29 is 23.1 Å². The lowest BCUT2D eigenvalue weighted by atomic mass is 9.97. The van der Waals surface area contributed by atoms with Crippen molar-refractivity contribution in [1.29, 1.82) is 0 Å². The summed E-state index contributed by atoms with van der Waals surface area (Å²) in [6.45, 7) is 5.08. The van der Waals surface area contributed by atoms with Gasteiger partial charge in [0.25, 0.3) is 10.0 Å². The van der Waals surface area contributed by atoms with Gasteiger partial charge in [-0.1, -0.05) is 6.07 Å². The maximum absolute atomic E-state index is 13.0. The topological polar surface area (TPSA) is 125 Å². The third-order valence-corrected chi connectivity index (χ3v) is 6.63. The molecule has 0 aromatic heterocycles. The summed E-state index contributed by atoms with van der Waals surface area (Å²) in [5, 5.41) is 14.7. The van der Waals surface area contributed by atoms with E-state index < -0.39 is 16.0 Å². The molecule has 160 valence electrons. The fourth-order valence-corrected chi connectivity index (χ4v) is 5.01. The van der Waals surface area contributed by atoms with Crippen LogP contribution in [0.25, 0.3) is 0 Å². The van der Waals surface area contributed by atoms with Crippen LogP contribution < -0.4 is 15.4 Å². The fraction of sp³-hybridized carbons (Fsp3) is 0.333. The highest BCUT2D eigenvalue weighted by molar-refractivity contribution is 7.92. The first-order valence-electron chi connectivity index (χ1n) is 9.58. The molecule has 2 aromatic carbocycles. The van der Waals surface area contributed by atoms with Crippen LogP contribution in [0.1, 0.15) is 35.1 Å². The molecule has 0 saturated heterocycles. The minimum atomic E-state index is -3.94. The van der Waals surface area contributed by atoms with Crippen LogP contribution in [0.5, 0.6) is 0 Å². The molecule has 3 rings (SSSR count). The van der Waals surface area contributed by atoms with Crippen molar-refractivity contribution in [3.63, 3.8) is 0 Å². The number of hydrogen-bond acceptors (Lipinski definition) is 4. The molecule has 1 fully saturated rings. The van der Waals surface area contributed by atoms with E-state index in [1.165, 1.54) is 0 Å². The van der Waals surface area contributed by atoms with Gasteiger partial charge in [0.05, 0.1) is 11.3 Å². The van der Waals surface area contributed by atoms with Crippen LogP contribution >= 0.6 is 0 Å². The van der Waals surface area contributed by atoms with E-state index in [1.54, 1.807) is 51.1 Å². The second kappa shape index (κ2) is 8.35. The molecule has 0 radical (unpaired) electrons. The number of nitrogens with one attached hydrogen (secondary N) is 3. The van der Waals surface area contributed by atoms with Crippen LogP contribution in [0.3, 0.4) is 0 Å². The molecular formula is C21H25N3O5S. The molecule has 0 unspecified atom stereocenters. The summed E-state index contributed by atoms with van der Waals surface area (Å²) in [5.74, 6) is -1.02. The smallest absolute Gasteiger partial charge is 0.319 e. The first-order chi connectivity index (χ1) is 14.1. The number of aryl methyl sites for hydroxylation is 2. The molecule has 1 aliphatic carbocycles. The first kappa shape index (κ1) is 21.6. The monoisotopic (exact) mass is 431 g/mol. The van der Waals surface area contributed by atoms with Crippen molar-refractivity contribution in [1.82, 2.24) is 5.32 Å². The van der Waals surface area contributed by atoms with Crippen molar-refractivity contribution >= 4 is 33.4 Å². The van der Waals surface area contributed by atoms with E-state index in [1.807, 2.05) is 0 Å². The summed E-state index contributed by atoms with van der Waals surface area (Å²) in [6, 6.07) is 7.96. The van der Waals surface area contributed by atoms with Gasteiger partial charge < -0.3 is 15.7 Å². The lowest BCUT2D eigenvalue weighted by Crippen LogP contribution is -2.30. The molecule has 2 aromatic rings. The summed E-state index contributed by atoms with van der Waals surface area (Å²) in [5.41, 5.74) is 3.09. The summed E-state index contributed by atoms with van der Waals surface area (Å²) in [7, 11) is -3.94. The normalized spacial score (nSPS) is 13.6. The lowest BCUT2D eigenvalue weighted by Gasteiger charge is -2.18. The predicted octanol–water partition coefficient (Wildman–Crippen LogP) is 3.32. The van der Waals surface area contributed by atoms with E-state index >= 15 is 0 Å². The fourth-order valence-electron chi connectivity index (χ4n) is 3.45. The Morgan fingerprint density at radius 3 is 2.20 bits per heavy atom. The van der Waals surface area contributed by atoms with Gasteiger partial charge in [0.15, 0.2) is 0 Å². The van der Waals surface area contributed by atoms with Gasteiger partial charge in [0, 0.05) is 17.4 Å². The van der Waals surface area contributed by atoms with E-state index in [0.29, 0.717) is 28.1 Å². The number of carbonyl (C=O) groups is 2. The Balaban J connectivity index is 1.80. The molecule has 0 heterocycles. The summed E-state index contributed by atoms with van der Waals surface area (Å²) < 4.78 is 28.6. The van der Waals surface area contributed by atoms with Gasteiger partial charge in [-0.05, 0) is 80.1 Å². The van der Waals surface area contributed by atoms with Gasteiger partial charge >= 0.3 is 12.0 Å². The molecule has 9 heteroatoms. The molecule has 4 N–H and O–H groups in total. The summed E-state index contributed by atoms with van der Waals surface area (Å²) in [6.07, 6.45) is 1.73.